The molecule has 1 fully saturated rings. The predicted molar refractivity (Wildman–Crippen MR) is 118 cm³/mol. The summed E-state index contributed by atoms with van der Waals surface area (Å²) in [7, 11) is 1.56. The summed E-state index contributed by atoms with van der Waals surface area (Å²) >= 11 is 0. The topological polar surface area (TPSA) is 109 Å². The van der Waals surface area contributed by atoms with E-state index in [1.165, 1.54) is 10.6 Å². The predicted octanol–water partition coefficient (Wildman–Crippen LogP) is 3.28. The van der Waals surface area contributed by atoms with Crippen LogP contribution in [0.1, 0.15) is 33.1 Å². The number of H-pyrrole nitrogens is 1. The van der Waals surface area contributed by atoms with Crippen LogP contribution in [0.5, 0.6) is 5.88 Å². The molecule has 0 unspecified atom stereocenters. The van der Waals surface area contributed by atoms with E-state index >= 15 is 0 Å². The van der Waals surface area contributed by atoms with Crippen LogP contribution >= 0.6 is 0 Å². The van der Waals surface area contributed by atoms with Gasteiger partial charge in [0.2, 0.25) is 23.7 Å². The van der Waals surface area contributed by atoms with Crippen molar-refractivity contribution in [1.82, 2.24) is 29.7 Å². The van der Waals surface area contributed by atoms with E-state index in [0.717, 1.165) is 24.0 Å². The minimum atomic E-state index is -0.431. The molecule has 0 atom stereocenters. The number of aromatic amines is 1. The van der Waals surface area contributed by atoms with Crippen molar-refractivity contribution in [1.29, 1.82) is 0 Å². The number of nitrogens with zero attached hydrogens (tertiary/aromatic N) is 4. The number of pyridine rings is 1. The Hall–Kier alpha value is -3.69. The van der Waals surface area contributed by atoms with E-state index in [0.29, 0.717) is 34.9 Å². The van der Waals surface area contributed by atoms with Crippen LogP contribution in [0.25, 0.3) is 27.8 Å². The number of carbonyl (C=O) groups is 1. The highest BCUT2D eigenvalue weighted by Crippen LogP contribution is 2.37. The highest BCUT2D eigenvalue weighted by molar-refractivity contribution is 5.97. The molecule has 4 heterocycles. The molecule has 1 saturated carbocycles. The van der Waals surface area contributed by atoms with Gasteiger partial charge >= 0.3 is 0 Å². The molecule has 4 aromatic heterocycles. The molecule has 5 rings (SSSR count). The summed E-state index contributed by atoms with van der Waals surface area (Å²) in [5, 5.41) is 7.11. The van der Waals surface area contributed by atoms with E-state index in [1.807, 2.05) is 26.1 Å². The van der Waals surface area contributed by atoms with E-state index < -0.39 is 5.95 Å². The van der Waals surface area contributed by atoms with Crippen LogP contribution in [0.15, 0.2) is 30.7 Å². The van der Waals surface area contributed by atoms with Gasteiger partial charge in [0.1, 0.15) is 11.3 Å². The van der Waals surface area contributed by atoms with Crippen molar-refractivity contribution in [3.05, 3.63) is 36.7 Å². The third-order valence-corrected chi connectivity index (χ3v) is 5.95. The van der Waals surface area contributed by atoms with Gasteiger partial charge in [0.25, 0.3) is 0 Å². The maximum atomic E-state index is 14.0. The van der Waals surface area contributed by atoms with Gasteiger partial charge in [-0.25, -0.2) is 4.98 Å². The molecule has 10 heteroatoms. The molecule has 9 nitrogen and oxygen atoms in total. The summed E-state index contributed by atoms with van der Waals surface area (Å²) in [4.78, 5) is 28.1. The third-order valence-electron chi connectivity index (χ3n) is 5.95. The smallest absolute Gasteiger partial charge is 0.228 e. The lowest BCUT2D eigenvalue weighted by atomic mass is 9.74. The number of halogens is 1. The largest absolute Gasteiger partial charge is 0.480 e. The monoisotopic (exact) mass is 437 g/mol. The fraction of sp³-hybridized carbons (Fsp3) is 0.364. The number of anilines is 1. The Morgan fingerprint density at radius 2 is 2.19 bits per heavy atom. The van der Waals surface area contributed by atoms with Gasteiger partial charge < -0.3 is 20.4 Å². The fourth-order valence-corrected chi connectivity index (χ4v) is 4.39. The summed E-state index contributed by atoms with van der Waals surface area (Å²) in [6, 6.07) is 3.78. The molecule has 0 aromatic carbocycles. The molecule has 0 spiro atoms. The number of hydrogen-bond acceptors (Lipinski definition) is 6. The van der Waals surface area contributed by atoms with Crippen molar-refractivity contribution >= 4 is 28.5 Å². The lowest BCUT2D eigenvalue weighted by molar-refractivity contribution is -0.123. The van der Waals surface area contributed by atoms with Gasteiger partial charge in [0.15, 0.2) is 0 Å². The van der Waals surface area contributed by atoms with Gasteiger partial charge in [0.05, 0.1) is 18.7 Å². The second kappa shape index (κ2) is 7.47. The van der Waals surface area contributed by atoms with Crippen LogP contribution in [-0.4, -0.2) is 48.9 Å². The lowest BCUT2D eigenvalue weighted by Crippen LogP contribution is -2.59. The Bertz CT molecular complexity index is 1320. The Morgan fingerprint density at radius 3 is 2.94 bits per heavy atom. The molecule has 32 heavy (non-hydrogen) atoms. The number of carbonyl (C=O) groups excluding carboxylic acids is 1. The van der Waals surface area contributed by atoms with Gasteiger partial charge in [-0.15, -0.1) is 0 Å². The lowest BCUT2D eigenvalue weighted by Gasteiger charge is -2.45. The standard InChI is InChI=1S/C22H24FN7O2/c1-4-17(31)29-22(2)7-13(8-22)26-21-27-19-18(20(28-21)32-3)14(9-25-19)12-5-6-16-24-10-15(23)30(16)11-12/h5-6,9-11,13H,4,7-8H2,1-3H3,(H,29,31)(H2,25,26,27,28)/t13-,22-. The maximum Gasteiger partial charge on any atom is 0.228 e. The van der Waals surface area contributed by atoms with Crippen molar-refractivity contribution in [3.63, 3.8) is 0 Å². The molecule has 0 bridgehead atoms. The number of aromatic nitrogens is 5. The van der Waals surface area contributed by atoms with Crippen molar-refractivity contribution in [2.45, 2.75) is 44.7 Å². The molecular formula is C22H24FN7O2. The van der Waals surface area contributed by atoms with E-state index in [-0.39, 0.29) is 17.5 Å². The van der Waals surface area contributed by atoms with E-state index in [9.17, 15) is 9.18 Å². The first kappa shape index (κ1) is 20.2. The minimum absolute atomic E-state index is 0.0537. The molecule has 166 valence electrons. The van der Waals surface area contributed by atoms with E-state index in [1.54, 1.807) is 19.4 Å². The molecule has 1 aliphatic rings. The molecule has 4 aromatic rings. The Balaban J connectivity index is 1.42. The Morgan fingerprint density at radius 1 is 1.38 bits per heavy atom. The number of ether oxygens (including phenoxy) is 1. The van der Waals surface area contributed by atoms with Crippen LogP contribution < -0.4 is 15.4 Å². The first-order valence-corrected chi connectivity index (χ1v) is 10.5. The third kappa shape index (κ3) is 3.41. The highest BCUT2D eigenvalue weighted by Gasteiger charge is 2.41. The summed E-state index contributed by atoms with van der Waals surface area (Å²) in [5.41, 5.74) is 2.52. The number of imidazole rings is 1. The second-order valence-corrected chi connectivity index (χ2v) is 8.42. The van der Waals surface area contributed by atoms with Crippen molar-refractivity contribution in [2.24, 2.45) is 0 Å². The first-order chi connectivity index (χ1) is 15.4. The van der Waals surface area contributed by atoms with E-state index in [4.69, 9.17) is 4.74 Å². The first-order valence-electron chi connectivity index (χ1n) is 10.5. The maximum absolute atomic E-state index is 14.0. The molecule has 1 amide bonds. The second-order valence-electron chi connectivity index (χ2n) is 8.42. The zero-order valence-electron chi connectivity index (χ0n) is 18.1. The van der Waals surface area contributed by atoms with Gasteiger partial charge in [-0.1, -0.05) is 6.92 Å². The minimum Gasteiger partial charge on any atom is -0.480 e. The van der Waals surface area contributed by atoms with Gasteiger partial charge in [0, 0.05) is 41.5 Å². The van der Waals surface area contributed by atoms with Gasteiger partial charge in [-0.05, 0) is 31.9 Å². The molecular weight excluding hydrogens is 413 g/mol. The normalized spacial score (nSPS) is 20.3. The quantitative estimate of drug-likeness (QED) is 0.427. The number of hydrogen-bond donors (Lipinski definition) is 3. The Labute approximate surface area is 183 Å². The van der Waals surface area contributed by atoms with Crippen LogP contribution in [0.2, 0.25) is 0 Å². The molecule has 0 radical (unpaired) electrons. The molecule has 3 N–H and O–H groups in total. The SMILES string of the molecule is CCC(=O)N[C@]1(C)C[C@@H](Nc2nc(OC)c3c(-c4ccc5ncc(F)n5c4)c[nH]c3n2)C1. The van der Waals surface area contributed by atoms with Crippen LogP contribution in [0.4, 0.5) is 10.3 Å². The number of nitrogens with one attached hydrogen (secondary N) is 3. The van der Waals surface area contributed by atoms with Crippen molar-refractivity contribution < 1.29 is 13.9 Å². The van der Waals surface area contributed by atoms with Gasteiger partial charge in [-0.2, -0.15) is 14.4 Å². The number of amides is 1. The van der Waals surface area contributed by atoms with E-state index in [2.05, 4.69) is 30.6 Å². The van der Waals surface area contributed by atoms with Crippen molar-refractivity contribution in [2.75, 3.05) is 12.4 Å². The summed E-state index contributed by atoms with van der Waals surface area (Å²) in [5.74, 6) is 0.492. The van der Waals surface area contributed by atoms with Gasteiger partial charge in [-0.3, -0.25) is 9.20 Å². The van der Waals surface area contributed by atoms with Crippen LogP contribution in [0.3, 0.4) is 0 Å². The molecule has 1 aliphatic carbocycles. The molecule has 0 aliphatic heterocycles. The summed E-state index contributed by atoms with van der Waals surface area (Å²) in [6.45, 7) is 3.89. The molecule has 0 saturated heterocycles. The van der Waals surface area contributed by atoms with Crippen molar-refractivity contribution in [3.8, 4) is 17.0 Å². The number of methoxy groups -OCH3 is 1. The summed E-state index contributed by atoms with van der Waals surface area (Å²) in [6.07, 6.45) is 6.73. The number of rotatable bonds is 6. The Kier molecular flexibility index (Phi) is 4.72. The fourth-order valence-electron chi connectivity index (χ4n) is 4.39. The zero-order chi connectivity index (χ0) is 22.5. The highest BCUT2D eigenvalue weighted by atomic mass is 19.1. The average Bonchev–Trinajstić information content (AvgIpc) is 3.35. The number of fused-ring (bicyclic) bond motifs is 2. The zero-order valence-corrected chi connectivity index (χ0v) is 18.1. The summed E-state index contributed by atoms with van der Waals surface area (Å²) < 4.78 is 21.0. The van der Waals surface area contributed by atoms with Crippen LogP contribution in [-0.2, 0) is 4.79 Å². The van der Waals surface area contributed by atoms with Crippen LogP contribution in [0, 0.1) is 5.95 Å². The average molecular weight is 437 g/mol.